The molecule has 1 aromatic heterocycles. The number of pyridine rings is 1. The van der Waals surface area contributed by atoms with Crippen molar-refractivity contribution in [3.05, 3.63) is 36.0 Å². The highest BCUT2D eigenvalue weighted by atomic mass is 15.1. The maximum atomic E-state index is 9.41. The molecular formula is C17H20N4. The van der Waals surface area contributed by atoms with E-state index in [0.717, 1.165) is 36.2 Å². The third-order valence-electron chi connectivity index (χ3n) is 4.24. The monoisotopic (exact) mass is 280 g/mol. The van der Waals surface area contributed by atoms with Crippen molar-refractivity contribution >= 4 is 16.6 Å². The van der Waals surface area contributed by atoms with Crippen molar-refractivity contribution in [2.75, 3.05) is 31.6 Å². The van der Waals surface area contributed by atoms with Crippen molar-refractivity contribution in [3.63, 3.8) is 0 Å². The number of hydrogen-bond acceptors (Lipinski definition) is 4. The van der Waals surface area contributed by atoms with Crippen molar-refractivity contribution in [3.8, 4) is 6.07 Å². The Morgan fingerprint density at radius 1 is 1.33 bits per heavy atom. The second-order valence-electron chi connectivity index (χ2n) is 5.72. The molecule has 4 heteroatoms. The van der Waals surface area contributed by atoms with Crippen LogP contribution in [0.3, 0.4) is 0 Å². The van der Waals surface area contributed by atoms with E-state index < -0.39 is 0 Å². The van der Waals surface area contributed by atoms with E-state index in [0.29, 0.717) is 11.5 Å². The molecule has 2 aromatic rings. The highest BCUT2D eigenvalue weighted by Crippen LogP contribution is 2.29. The lowest BCUT2D eigenvalue weighted by Crippen LogP contribution is -2.34. The molecule has 0 amide bonds. The summed E-state index contributed by atoms with van der Waals surface area (Å²) in [5.41, 5.74) is 2.62. The lowest BCUT2D eigenvalue weighted by molar-refractivity contribution is 0.378. The SMILES string of the molecule is CN(CC1CCNCC1)c1c(C#N)cnc2ccccc12. The normalized spacial score (nSPS) is 15.8. The molecule has 1 aliphatic rings. The molecule has 1 N–H and O–H groups in total. The van der Waals surface area contributed by atoms with Gasteiger partial charge in [0, 0.05) is 25.2 Å². The highest BCUT2D eigenvalue weighted by Gasteiger charge is 2.18. The van der Waals surface area contributed by atoms with Crippen LogP contribution < -0.4 is 10.2 Å². The number of para-hydroxylation sites is 1. The van der Waals surface area contributed by atoms with Crippen molar-refractivity contribution in [1.82, 2.24) is 10.3 Å². The number of rotatable bonds is 3. The second-order valence-corrected chi connectivity index (χ2v) is 5.72. The third-order valence-corrected chi connectivity index (χ3v) is 4.24. The minimum absolute atomic E-state index is 0.658. The first-order valence-corrected chi connectivity index (χ1v) is 7.49. The average molecular weight is 280 g/mol. The van der Waals surface area contributed by atoms with Gasteiger partial charge in [0.2, 0.25) is 0 Å². The highest BCUT2D eigenvalue weighted by molar-refractivity contribution is 5.94. The van der Waals surface area contributed by atoms with Crippen molar-refractivity contribution < 1.29 is 0 Å². The fourth-order valence-corrected chi connectivity index (χ4v) is 3.16. The van der Waals surface area contributed by atoms with Crippen LogP contribution in [0.25, 0.3) is 10.9 Å². The van der Waals surface area contributed by atoms with Gasteiger partial charge < -0.3 is 10.2 Å². The Morgan fingerprint density at radius 3 is 2.86 bits per heavy atom. The zero-order chi connectivity index (χ0) is 14.7. The maximum Gasteiger partial charge on any atom is 0.103 e. The van der Waals surface area contributed by atoms with Gasteiger partial charge in [-0.05, 0) is 37.9 Å². The molecule has 0 radical (unpaired) electrons. The van der Waals surface area contributed by atoms with Gasteiger partial charge in [-0.2, -0.15) is 5.26 Å². The van der Waals surface area contributed by atoms with Crippen LogP contribution in [-0.2, 0) is 0 Å². The molecule has 0 saturated carbocycles. The summed E-state index contributed by atoms with van der Waals surface area (Å²) in [6, 6.07) is 10.3. The number of aromatic nitrogens is 1. The molecule has 0 spiro atoms. The molecule has 1 aliphatic heterocycles. The quantitative estimate of drug-likeness (QED) is 0.938. The molecule has 3 rings (SSSR count). The molecule has 1 aromatic carbocycles. The Hall–Kier alpha value is -2.12. The summed E-state index contributed by atoms with van der Waals surface area (Å²) < 4.78 is 0. The van der Waals surface area contributed by atoms with Crippen molar-refractivity contribution in [2.24, 2.45) is 5.92 Å². The summed E-state index contributed by atoms with van der Waals surface area (Å²) >= 11 is 0. The molecule has 1 fully saturated rings. The van der Waals surface area contributed by atoms with E-state index in [-0.39, 0.29) is 0 Å². The van der Waals surface area contributed by atoms with Gasteiger partial charge in [-0.15, -0.1) is 0 Å². The van der Waals surface area contributed by atoms with Gasteiger partial charge in [0.15, 0.2) is 0 Å². The minimum atomic E-state index is 0.658. The zero-order valence-electron chi connectivity index (χ0n) is 12.3. The summed E-state index contributed by atoms with van der Waals surface area (Å²) in [5.74, 6) is 0.690. The molecular weight excluding hydrogens is 260 g/mol. The van der Waals surface area contributed by atoms with Gasteiger partial charge in [0.1, 0.15) is 6.07 Å². The summed E-state index contributed by atoms with van der Waals surface area (Å²) in [4.78, 5) is 6.62. The standard InChI is InChI=1S/C17H20N4/c1-21(12-13-6-8-19-9-7-13)17-14(10-18)11-20-16-5-3-2-4-15(16)17/h2-5,11,13,19H,6-9,12H2,1H3. The van der Waals surface area contributed by atoms with Crippen LogP contribution in [0.2, 0.25) is 0 Å². The van der Waals surface area contributed by atoms with Crippen molar-refractivity contribution in [1.29, 1.82) is 5.26 Å². The molecule has 1 saturated heterocycles. The minimum Gasteiger partial charge on any atom is -0.373 e. The lowest BCUT2D eigenvalue weighted by Gasteiger charge is -2.29. The number of anilines is 1. The Balaban J connectivity index is 1.95. The predicted molar refractivity (Wildman–Crippen MR) is 85.3 cm³/mol. The first-order valence-electron chi connectivity index (χ1n) is 7.49. The number of hydrogen-bond donors (Lipinski definition) is 1. The number of nitrogens with zero attached hydrogens (tertiary/aromatic N) is 3. The van der Waals surface area contributed by atoms with E-state index in [1.54, 1.807) is 6.20 Å². The number of nitrogens with one attached hydrogen (secondary N) is 1. The number of fused-ring (bicyclic) bond motifs is 1. The van der Waals surface area contributed by atoms with Gasteiger partial charge in [0.05, 0.1) is 16.8 Å². The van der Waals surface area contributed by atoms with E-state index >= 15 is 0 Å². The first kappa shape index (κ1) is 13.8. The largest absolute Gasteiger partial charge is 0.373 e. The van der Waals surface area contributed by atoms with E-state index in [9.17, 15) is 5.26 Å². The van der Waals surface area contributed by atoms with Gasteiger partial charge in [-0.1, -0.05) is 18.2 Å². The van der Waals surface area contributed by atoms with Crippen LogP contribution in [0.15, 0.2) is 30.5 Å². The smallest absolute Gasteiger partial charge is 0.103 e. The van der Waals surface area contributed by atoms with Gasteiger partial charge in [-0.3, -0.25) is 4.98 Å². The van der Waals surface area contributed by atoms with E-state index in [4.69, 9.17) is 0 Å². The zero-order valence-corrected chi connectivity index (χ0v) is 12.3. The molecule has 0 unspecified atom stereocenters. The number of benzene rings is 1. The van der Waals surface area contributed by atoms with E-state index in [2.05, 4.69) is 34.4 Å². The lowest BCUT2D eigenvalue weighted by atomic mass is 9.97. The Kier molecular flexibility index (Phi) is 4.03. The molecule has 21 heavy (non-hydrogen) atoms. The third kappa shape index (κ3) is 2.84. The topological polar surface area (TPSA) is 52.0 Å². The van der Waals surface area contributed by atoms with Crippen LogP contribution in [0.5, 0.6) is 0 Å². The fraction of sp³-hybridized carbons (Fsp3) is 0.412. The summed E-state index contributed by atoms with van der Waals surface area (Å²) in [6.07, 6.45) is 4.10. The van der Waals surface area contributed by atoms with Crippen LogP contribution in [0.1, 0.15) is 18.4 Å². The first-order chi connectivity index (χ1) is 10.3. The summed E-state index contributed by atoms with van der Waals surface area (Å²) in [6.45, 7) is 3.19. The molecule has 0 bridgehead atoms. The average Bonchev–Trinajstić information content (AvgIpc) is 2.54. The van der Waals surface area contributed by atoms with Crippen LogP contribution in [-0.4, -0.2) is 31.7 Å². The molecule has 0 aliphatic carbocycles. The summed E-state index contributed by atoms with van der Waals surface area (Å²) in [7, 11) is 2.09. The second kappa shape index (κ2) is 6.11. The maximum absolute atomic E-state index is 9.41. The molecule has 4 nitrogen and oxygen atoms in total. The number of nitriles is 1. The Bertz CT molecular complexity index is 668. The Labute approximate surface area is 125 Å². The van der Waals surface area contributed by atoms with Gasteiger partial charge in [-0.25, -0.2) is 0 Å². The number of piperidine rings is 1. The van der Waals surface area contributed by atoms with E-state index in [1.165, 1.54) is 12.8 Å². The van der Waals surface area contributed by atoms with Gasteiger partial charge >= 0.3 is 0 Å². The molecule has 2 heterocycles. The van der Waals surface area contributed by atoms with Crippen LogP contribution in [0.4, 0.5) is 5.69 Å². The fourth-order valence-electron chi connectivity index (χ4n) is 3.16. The molecule has 108 valence electrons. The van der Waals surface area contributed by atoms with Crippen LogP contribution >= 0.6 is 0 Å². The summed E-state index contributed by atoms with van der Waals surface area (Å²) in [5, 5.41) is 13.9. The van der Waals surface area contributed by atoms with E-state index in [1.807, 2.05) is 18.2 Å². The van der Waals surface area contributed by atoms with Crippen LogP contribution in [0, 0.1) is 17.2 Å². The predicted octanol–water partition coefficient (Wildman–Crippen LogP) is 2.54. The Morgan fingerprint density at radius 2 is 2.10 bits per heavy atom. The van der Waals surface area contributed by atoms with Crippen molar-refractivity contribution in [2.45, 2.75) is 12.8 Å². The van der Waals surface area contributed by atoms with Gasteiger partial charge in [0.25, 0.3) is 0 Å². The molecule has 0 atom stereocenters.